The molecule has 0 amide bonds. The predicted octanol–water partition coefficient (Wildman–Crippen LogP) is 2.08. The Bertz CT molecular complexity index is 635. The second kappa shape index (κ2) is 9.35. The second-order valence-corrected chi connectivity index (χ2v) is 8.02. The van der Waals surface area contributed by atoms with E-state index < -0.39 is 0 Å². The van der Waals surface area contributed by atoms with Crippen LogP contribution in [0.5, 0.6) is 0 Å². The molecule has 0 spiro atoms. The van der Waals surface area contributed by atoms with Crippen molar-refractivity contribution in [1.29, 1.82) is 0 Å². The highest BCUT2D eigenvalue weighted by molar-refractivity contribution is 5.80. The van der Waals surface area contributed by atoms with Gasteiger partial charge in [-0.15, -0.1) is 0 Å². The van der Waals surface area contributed by atoms with Gasteiger partial charge < -0.3 is 15.5 Å². The summed E-state index contributed by atoms with van der Waals surface area (Å²) in [6, 6.07) is 3.91. The van der Waals surface area contributed by atoms with E-state index in [9.17, 15) is 4.39 Å². The van der Waals surface area contributed by atoms with Crippen molar-refractivity contribution in [2.75, 3.05) is 44.7 Å². The molecule has 0 bridgehead atoms. The Kier molecular flexibility index (Phi) is 6.88. The number of hydrogen-bond donors (Lipinski definition) is 2. The van der Waals surface area contributed by atoms with Gasteiger partial charge in [-0.25, -0.2) is 9.37 Å². The summed E-state index contributed by atoms with van der Waals surface area (Å²) >= 11 is 0. The maximum atomic E-state index is 14.0. The Morgan fingerprint density at radius 3 is 2.96 bits per heavy atom. The van der Waals surface area contributed by atoms with Gasteiger partial charge in [0.1, 0.15) is 0 Å². The second-order valence-electron chi connectivity index (χ2n) is 8.02. The minimum absolute atomic E-state index is 0.243. The lowest BCUT2D eigenvalue weighted by atomic mass is 10.1. The molecule has 1 unspecified atom stereocenters. The molecule has 2 fully saturated rings. The molecule has 3 heterocycles. The molecule has 0 radical (unpaired) electrons. The number of guanidine groups is 1. The summed E-state index contributed by atoms with van der Waals surface area (Å²) in [4.78, 5) is 13.2. The van der Waals surface area contributed by atoms with Crippen molar-refractivity contribution >= 4 is 11.8 Å². The molecule has 1 aromatic rings. The van der Waals surface area contributed by atoms with Gasteiger partial charge in [0.2, 0.25) is 0 Å². The lowest BCUT2D eigenvalue weighted by molar-refractivity contribution is 0.226. The van der Waals surface area contributed by atoms with Crippen LogP contribution >= 0.6 is 0 Å². The van der Waals surface area contributed by atoms with Gasteiger partial charge >= 0.3 is 0 Å². The molecule has 7 heteroatoms. The first kappa shape index (κ1) is 19.9. The van der Waals surface area contributed by atoms with E-state index in [0.29, 0.717) is 17.8 Å². The molecule has 0 aromatic carbocycles. The van der Waals surface area contributed by atoms with E-state index >= 15 is 0 Å². The van der Waals surface area contributed by atoms with Crippen molar-refractivity contribution in [1.82, 2.24) is 20.5 Å². The Morgan fingerprint density at radius 1 is 1.37 bits per heavy atom. The van der Waals surface area contributed by atoms with E-state index in [1.165, 1.54) is 25.5 Å². The molecular weight excluding hydrogens is 343 g/mol. The van der Waals surface area contributed by atoms with Gasteiger partial charge in [-0.05, 0) is 43.9 Å². The van der Waals surface area contributed by atoms with Crippen LogP contribution in [0.2, 0.25) is 0 Å². The molecule has 0 saturated carbocycles. The maximum Gasteiger partial charge on any atom is 0.191 e. The zero-order valence-corrected chi connectivity index (χ0v) is 16.8. The number of nitrogens with one attached hydrogen (secondary N) is 2. The van der Waals surface area contributed by atoms with E-state index in [4.69, 9.17) is 0 Å². The fraction of sp³-hybridized carbons (Fsp3) is 0.700. The van der Waals surface area contributed by atoms with Gasteiger partial charge in [0.05, 0.1) is 0 Å². The average Bonchev–Trinajstić information content (AvgIpc) is 3.28. The van der Waals surface area contributed by atoms with Crippen molar-refractivity contribution in [3.63, 3.8) is 0 Å². The van der Waals surface area contributed by atoms with Gasteiger partial charge in [-0.1, -0.05) is 13.8 Å². The summed E-state index contributed by atoms with van der Waals surface area (Å²) in [5, 5.41) is 6.99. The number of aromatic nitrogens is 1. The number of rotatable bonds is 6. The molecule has 2 aliphatic rings. The highest BCUT2D eigenvalue weighted by Gasteiger charge is 2.27. The molecule has 2 atom stereocenters. The zero-order chi connectivity index (χ0) is 19.2. The minimum atomic E-state index is -0.257. The van der Waals surface area contributed by atoms with Crippen LogP contribution in [0.3, 0.4) is 0 Å². The summed E-state index contributed by atoms with van der Waals surface area (Å²) in [7, 11) is 1.81. The first-order valence-corrected chi connectivity index (χ1v) is 10.1. The molecule has 1 aromatic heterocycles. The smallest absolute Gasteiger partial charge is 0.191 e. The number of halogens is 1. The number of nitrogens with zero attached hydrogens (tertiary/aromatic N) is 4. The summed E-state index contributed by atoms with van der Waals surface area (Å²) in [5.74, 6) is 1.71. The Hall–Kier alpha value is -1.89. The van der Waals surface area contributed by atoms with E-state index in [2.05, 4.69) is 39.4 Å². The van der Waals surface area contributed by atoms with Crippen LogP contribution in [0.25, 0.3) is 0 Å². The Labute approximate surface area is 162 Å². The van der Waals surface area contributed by atoms with Crippen molar-refractivity contribution < 1.29 is 4.39 Å². The minimum Gasteiger partial charge on any atom is -0.355 e. The molecule has 27 heavy (non-hydrogen) atoms. The van der Waals surface area contributed by atoms with Crippen LogP contribution in [0, 0.1) is 11.7 Å². The average molecular weight is 377 g/mol. The van der Waals surface area contributed by atoms with Crippen LogP contribution in [0.1, 0.15) is 33.1 Å². The van der Waals surface area contributed by atoms with Gasteiger partial charge in [0, 0.05) is 51.5 Å². The molecule has 2 saturated heterocycles. The van der Waals surface area contributed by atoms with Crippen molar-refractivity contribution in [2.45, 2.75) is 45.2 Å². The third-order valence-corrected chi connectivity index (χ3v) is 5.40. The van der Waals surface area contributed by atoms with Crippen molar-refractivity contribution in [2.24, 2.45) is 10.9 Å². The van der Waals surface area contributed by atoms with Crippen LogP contribution in [-0.2, 0) is 0 Å². The van der Waals surface area contributed by atoms with Gasteiger partial charge in [-0.3, -0.25) is 9.89 Å². The van der Waals surface area contributed by atoms with Crippen molar-refractivity contribution in [3.05, 3.63) is 24.1 Å². The molecular formula is C20H33FN6. The zero-order valence-electron chi connectivity index (χ0n) is 16.8. The normalized spacial score (nSPS) is 24.0. The molecule has 2 aliphatic heterocycles. The van der Waals surface area contributed by atoms with E-state index in [-0.39, 0.29) is 11.9 Å². The Balaban J connectivity index is 1.48. The summed E-state index contributed by atoms with van der Waals surface area (Å²) in [6.07, 6.45) is 5.11. The highest BCUT2D eigenvalue weighted by atomic mass is 19.1. The van der Waals surface area contributed by atoms with E-state index in [1.54, 1.807) is 19.3 Å². The molecule has 0 aliphatic carbocycles. The fourth-order valence-electron chi connectivity index (χ4n) is 4.12. The van der Waals surface area contributed by atoms with Crippen LogP contribution in [0.4, 0.5) is 10.2 Å². The van der Waals surface area contributed by atoms with Gasteiger partial charge in [-0.2, -0.15) is 0 Å². The van der Waals surface area contributed by atoms with Crippen LogP contribution in [-0.4, -0.2) is 67.7 Å². The molecule has 150 valence electrons. The van der Waals surface area contributed by atoms with Gasteiger partial charge in [0.15, 0.2) is 17.6 Å². The number of hydrogen-bond acceptors (Lipinski definition) is 4. The van der Waals surface area contributed by atoms with Crippen LogP contribution in [0.15, 0.2) is 23.3 Å². The number of pyridine rings is 1. The number of likely N-dealkylation sites (tertiary alicyclic amines) is 1. The third kappa shape index (κ3) is 5.31. The highest BCUT2D eigenvalue weighted by Crippen LogP contribution is 2.21. The summed E-state index contributed by atoms with van der Waals surface area (Å²) < 4.78 is 14.0. The number of aliphatic imine (C=N–C) groups is 1. The lowest BCUT2D eigenvalue weighted by Gasteiger charge is -2.27. The molecule has 6 nitrogen and oxygen atoms in total. The third-order valence-electron chi connectivity index (χ3n) is 5.40. The maximum absolute atomic E-state index is 14.0. The van der Waals surface area contributed by atoms with Crippen molar-refractivity contribution in [3.8, 4) is 0 Å². The van der Waals surface area contributed by atoms with E-state index in [0.717, 1.165) is 38.6 Å². The first-order chi connectivity index (χ1) is 13.1. The Morgan fingerprint density at radius 2 is 2.22 bits per heavy atom. The first-order valence-electron chi connectivity index (χ1n) is 10.1. The molecule has 3 rings (SSSR count). The standard InChI is InChI=1S/C20H33FN6/c1-15(2)13-26-10-5-6-17(26)12-24-20(22-3)25-16-8-11-27(14-16)19-18(21)7-4-9-23-19/h4,7,9,15-17H,5-6,8,10-14H2,1-3H3,(H2,22,24,25)/t16?,17-/m1/s1. The lowest BCUT2D eigenvalue weighted by Crippen LogP contribution is -2.48. The predicted molar refractivity (Wildman–Crippen MR) is 109 cm³/mol. The monoisotopic (exact) mass is 376 g/mol. The molecule has 2 N–H and O–H groups in total. The topological polar surface area (TPSA) is 55.8 Å². The largest absolute Gasteiger partial charge is 0.355 e. The van der Waals surface area contributed by atoms with Gasteiger partial charge in [0.25, 0.3) is 0 Å². The summed E-state index contributed by atoms with van der Waals surface area (Å²) in [6.45, 7) is 9.36. The number of anilines is 1. The fourth-order valence-corrected chi connectivity index (χ4v) is 4.12. The SMILES string of the molecule is CN=C(NC[C@H]1CCCN1CC(C)C)NC1CCN(c2ncccc2F)C1. The quantitative estimate of drug-likeness (QED) is 0.588. The van der Waals surface area contributed by atoms with Crippen LogP contribution < -0.4 is 15.5 Å². The van der Waals surface area contributed by atoms with E-state index in [1.807, 2.05) is 4.90 Å². The summed E-state index contributed by atoms with van der Waals surface area (Å²) in [5.41, 5.74) is 0.